The van der Waals surface area contributed by atoms with Gasteiger partial charge >= 0.3 is 0 Å². The molecule has 180 valence electrons. The fourth-order valence-corrected chi connectivity index (χ4v) is 3.91. The van der Waals surface area contributed by atoms with E-state index >= 15 is 0 Å². The molecule has 4 aromatic rings. The third kappa shape index (κ3) is 5.30. The van der Waals surface area contributed by atoms with Gasteiger partial charge in [-0.25, -0.2) is 0 Å². The molecule has 0 spiro atoms. The quantitative estimate of drug-likeness (QED) is 0.250. The van der Waals surface area contributed by atoms with E-state index in [-0.39, 0.29) is 11.7 Å². The van der Waals surface area contributed by atoms with Crippen molar-refractivity contribution in [2.24, 2.45) is 0 Å². The standard InChI is InChI=1S/C28H29N3O4/c1-4-34-25-16-24(31-28(33)19-11-7-6-8-12-19)26(35-5-2)15-23(25)30-18(3)27(32)21-17-29-22-14-10-9-13-20(21)22/h6-18,29-30H,4-5H2,1-3H3,(H,31,33)/t18-/m0/s1. The summed E-state index contributed by atoms with van der Waals surface area (Å²) in [5, 5.41) is 7.07. The van der Waals surface area contributed by atoms with Crippen molar-refractivity contribution in [1.29, 1.82) is 0 Å². The number of Topliss-reactive ketones (excluding diaryl/α,β-unsaturated/α-hetero) is 1. The van der Waals surface area contributed by atoms with Gasteiger partial charge in [0.05, 0.1) is 30.6 Å². The topological polar surface area (TPSA) is 92.4 Å². The first-order valence-corrected chi connectivity index (χ1v) is 11.7. The summed E-state index contributed by atoms with van der Waals surface area (Å²) in [4.78, 5) is 29.2. The molecule has 0 radical (unpaired) electrons. The number of fused-ring (bicyclic) bond motifs is 1. The van der Waals surface area contributed by atoms with E-state index in [4.69, 9.17) is 9.47 Å². The number of ether oxygens (including phenoxy) is 2. The monoisotopic (exact) mass is 471 g/mol. The zero-order valence-electron chi connectivity index (χ0n) is 20.1. The lowest BCUT2D eigenvalue weighted by Crippen LogP contribution is -2.26. The average molecular weight is 472 g/mol. The number of amides is 1. The van der Waals surface area contributed by atoms with Crippen LogP contribution < -0.4 is 20.1 Å². The van der Waals surface area contributed by atoms with Gasteiger partial charge in [-0.05, 0) is 39.0 Å². The Balaban J connectivity index is 1.62. The van der Waals surface area contributed by atoms with E-state index in [0.717, 1.165) is 10.9 Å². The molecule has 35 heavy (non-hydrogen) atoms. The fourth-order valence-electron chi connectivity index (χ4n) is 3.91. The summed E-state index contributed by atoms with van der Waals surface area (Å²) in [7, 11) is 0. The third-order valence-electron chi connectivity index (χ3n) is 5.59. The smallest absolute Gasteiger partial charge is 0.255 e. The van der Waals surface area contributed by atoms with Crippen LogP contribution in [0.1, 0.15) is 41.5 Å². The molecule has 0 aliphatic carbocycles. The number of carbonyl (C=O) groups is 2. The van der Waals surface area contributed by atoms with Gasteiger partial charge in [0.2, 0.25) is 0 Å². The van der Waals surface area contributed by atoms with Crippen molar-refractivity contribution in [2.75, 3.05) is 23.8 Å². The minimum Gasteiger partial charge on any atom is -0.492 e. The van der Waals surface area contributed by atoms with Crippen LogP contribution in [0.4, 0.5) is 11.4 Å². The van der Waals surface area contributed by atoms with Gasteiger partial charge in [-0.1, -0.05) is 36.4 Å². The predicted octanol–water partition coefficient (Wildman–Crippen LogP) is 5.90. The highest BCUT2D eigenvalue weighted by molar-refractivity contribution is 6.11. The number of carbonyl (C=O) groups excluding carboxylic acids is 2. The number of aromatic nitrogens is 1. The molecule has 0 saturated carbocycles. The maximum atomic E-state index is 13.3. The molecule has 7 heteroatoms. The van der Waals surface area contributed by atoms with Gasteiger partial charge in [0.25, 0.3) is 5.91 Å². The third-order valence-corrected chi connectivity index (χ3v) is 5.59. The second-order valence-corrected chi connectivity index (χ2v) is 8.01. The first kappa shape index (κ1) is 23.9. The number of hydrogen-bond donors (Lipinski definition) is 3. The number of H-pyrrole nitrogens is 1. The van der Waals surface area contributed by atoms with Crippen molar-refractivity contribution in [3.8, 4) is 11.5 Å². The average Bonchev–Trinajstić information content (AvgIpc) is 3.31. The van der Waals surface area contributed by atoms with Gasteiger partial charge < -0.3 is 25.1 Å². The van der Waals surface area contributed by atoms with Crippen LogP contribution in [0.3, 0.4) is 0 Å². The highest BCUT2D eigenvalue weighted by Crippen LogP contribution is 2.38. The molecule has 0 saturated heterocycles. The minimum absolute atomic E-state index is 0.0516. The number of rotatable bonds is 10. The summed E-state index contributed by atoms with van der Waals surface area (Å²) in [6.45, 7) is 6.38. The molecule has 0 bridgehead atoms. The van der Waals surface area contributed by atoms with E-state index < -0.39 is 6.04 Å². The van der Waals surface area contributed by atoms with Crippen molar-refractivity contribution >= 4 is 34.0 Å². The molecule has 1 atom stereocenters. The summed E-state index contributed by atoms with van der Waals surface area (Å²) in [5.74, 6) is 0.689. The first-order chi connectivity index (χ1) is 17.0. The van der Waals surface area contributed by atoms with Crippen molar-refractivity contribution in [2.45, 2.75) is 26.8 Å². The number of benzene rings is 3. The highest BCUT2D eigenvalue weighted by atomic mass is 16.5. The maximum Gasteiger partial charge on any atom is 0.255 e. The number of nitrogens with one attached hydrogen (secondary N) is 3. The highest BCUT2D eigenvalue weighted by Gasteiger charge is 2.22. The van der Waals surface area contributed by atoms with Gasteiger partial charge in [0, 0.05) is 40.4 Å². The maximum absolute atomic E-state index is 13.3. The van der Waals surface area contributed by atoms with Gasteiger partial charge in [0.15, 0.2) is 5.78 Å². The molecule has 0 aliphatic heterocycles. The number of anilines is 2. The Morgan fingerprint density at radius 3 is 2.23 bits per heavy atom. The Bertz CT molecular complexity index is 1330. The zero-order chi connectivity index (χ0) is 24.8. The van der Waals surface area contributed by atoms with E-state index in [1.165, 1.54) is 0 Å². The molecule has 1 aromatic heterocycles. The van der Waals surface area contributed by atoms with Crippen molar-refractivity contribution in [1.82, 2.24) is 4.98 Å². The molecular weight excluding hydrogens is 442 g/mol. The molecule has 3 N–H and O–H groups in total. The van der Waals surface area contributed by atoms with Crippen LogP contribution in [0.5, 0.6) is 11.5 Å². The number of ketones is 1. The Labute approximate surface area is 204 Å². The van der Waals surface area contributed by atoms with Gasteiger partial charge in [0.1, 0.15) is 11.5 Å². The molecule has 0 fully saturated rings. The van der Waals surface area contributed by atoms with Crippen molar-refractivity contribution < 1.29 is 19.1 Å². The van der Waals surface area contributed by atoms with E-state index in [2.05, 4.69) is 15.6 Å². The summed E-state index contributed by atoms with van der Waals surface area (Å²) in [6.07, 6.45) is 1.74. The van der Waals surface area contributed by atoms with Gasteiger partial charge in [-0.2, -0.15) is 0 Å². The molecule has 0 unspecified atom stereocenters. The molecule has 3 aromatic carbocycles. The normalized spacial score (nSPS) is 11.6. The second kappa shape index (κ2) is 10.8. The SMILES string of the molecule is CCOc1cc(N[C@@H](C)C(=O)c2c[nH]c3ccccc23)c(OCC)cc1NC(=O)c1ccccc1. The van der Waals surface area contributed by atoms with E-state index in [1.54, 1.807) is 30.5 Å². The largest absolute Gasteiger partial charge is 0.492 e. The Morgan fingerprint density at radius 1 is 0.886 bits per heavy atom. The van der Waals surface area contributed by atoms with Crippen molar-refractivity contribution in [3.05, 3.63) is 84.1 Å². The van der Waals surface area contributed by atoms with Gasteiger partial charge in [-0.3, -0.25) is 9.59 Å². The minimum atomic E-state index is -0.535. The predicted molar refractivity (Wildman–Crippen MR) is 139 cm³/mol. The number of hydrogen-bond acceptors (Lipinski definition) is 5. The number of aromatic amines is 1. The molecule has 1 heterocycles. The molecule has 1 amide bonds. The Morgan fingerprint density at radius 2 is 1.51 bits per heavy atom. The Kier molecular flexibility index (Phi) is 7.35. The van der Waals surface area contributed by atoms with E-state index in [0.29, 0.717) is 47.2 Å². The van der Waals surface area contributed by atoms with Crippen LogP contribution in [0.25, 0.3) is 10.9 Å². The lowest BCUT2D eigenvalue weighted by molar-refractivity contribution is 0.0976. The van der Waals surface area contributed by atoms with Crippen LogP contribution in [0.15, 0.2) is 72.9 Å². The zero-order valence-corrected chi connectivity index (χ0v) is 20.1. The fraction of sp³-hybridized carbons (Fsp3) is 0.214. The Hall–Kier alpha value is -4.26. The molecular formula is C28H29N3O4. The lowest BCUT2D eigenvalue weighted by Gasteiger charge is -2.20. The van der Waals surface area contributed by atoms with Crippen LogP contribution in [-0.4, -0.2) is 35.9 Å². The van der Waals surface area contributed by atoms with Crippen molar-refractivity contribution in [3.63, 3.8) is 0 Å². The van der Waals surface area contributed by atoms with E-state index in [9.17, 15) is 9.59 Å². The van der Waals surface area contributed by atoms with Crippen LogP contribution >= 0.6 is 0 Å². The van der Waals surface area contributed by atoms with E-state index in [1.807, 2.05) is 63.2 Å². The molecule has 0 aliphatic rings. The first-order valence-electron chi connectivity index (χ1n) is 11.7. The second-order valence-electron chi connectivity index (χ2n) is 8.01. The lowest BCUT2D eigenvalue weighted by atomic mass is 10.0. The van der Waals surface area contributed by atoms with Crippen LogP contribution in [0, 0.1) is 0 Å². The molecule has 4 rings (SSSR count). The van der Waals surface area contributed by atoms with Gasteiger partial charge in [-0.15, -0.1) is 0 Å². The van der Waals surface area contributed by atoms with Crippen LogP contribution in [-0.2, 0) is 0 Å². The van der Waals surface area contributed by atoms with Crippen LogP contribution in [0.2, 0.25) is 0 Å². The summed E-state index contributed by atoms with van der Waals surface area (Å²) in [6, 6.07) is 19.6. The summed E-state index contributed by atoms with van der Waals surface area (Å²) < 4.78 is 11.7. The number of para-hydroxylation sites is 1. The summed E-state index contributed by atoms with van der Waals surface area (Å²) >= 11 is 0. The molecule has 7 nitrogen and oxygen atoms in total. The summed E-state index contributed by atoms with van der Waals surface area (Å²) in [5.41, 5.74) is 3.16.